The first-order valence-corrected chi connectivity index (χ1v) is 10.00. The fraction of sp³-hybridized carbons (Fsp3) is 0.368. The van der Waals surface area contributed by atoms with E-state index in [1.54, 1.807) is 12.1 Å². The van der Waals surface area contributed by atoms with Crippen molar-refractivity contribution in [3.63, 3.8) is 0 Å². The largest absolute Gasteiger partial charge is 0.416 e. The summed E-state index contributed by atoms with van der Waals surface area (Å²) < 4.78 is 64.7. The van der Waals surface area contributed by atoms with Crippen LogP contribution < -0.4 is 4.72 Å². The van der Waals surface area contributed by atoms with Crippen molar-refractivity contribution in [1.82, 2.24) is 0 Å². The molecule has 0 atom stereocenters. The van der Waals surface area contributed by atoms with Crippen molar-refractivity contribution >= 4 is 15.7 Å². The first-order valence-electron chi connectivity index (χ1n) is 8.51. The molecule has 7 heteroatoms. The average molecular weight is 385 g/mol. The van der Waals surface area contributed by atoms with Gasteiger partial charge in [0.1, 0.15) is 0 Å². The molecule has 1 N–H and O–H groups in total. The first kappa shape index (κ1) is 20.3. The van der Waals surface area contributed by atoms with Crippen LogP contribution in [-0.4, -0.2) is 8.42 Å². The molecule has 0 aromatic heterocycles. The maximum Gasteiger partial charge on any atom is 0.416 e. The summed E-state index contributed by atoms with van der Waals surface area (Å²) in [5.41, 5.74) is 0.323. The predicted molar refractivity (Wildman–Crippen MR) is 96.5 cm³/mol. The van der Waals surface area contributed by atoms with Crippen molar-refractivity contribution in [3.8, 4) is 0 Å². The quantitative estimate of drug-likeness (QED) is 0.599. The van der Waals surface area contributed by atoms with Gasteiger partial charge in [0.25, 0.3) is 10.0 Å². The fourth-order valence-corrected chi connectivity index (χ4v) is 3.59. The molecule has 0 amide bonds. The summed E-state index contributed by atoms with van der Waals surface area (Å²) in [6, 6.07) is 10.5. The molecule has 0 unspecified atom stereocenters. The van der Waals surface area contributed by atoms with E-state index >= 15 is 0 Å². The number of anilines is 1. The summed E-state index contributed by atoms with van der Waals surface area (Å²) in [6.45, 7) is 2.14. The van der Waals surface area contributed by atoms with E-state index in [1.165, 1.54) is 18.6 Å². The average Bonchev–Trinajstić information content (AvgIpc) is 2.58. The molecule has 0 aliphatic heterocycles. The number of benzene rings is 2. The van der Waals surface area contributed by atoms with Crippen molar-refractivity contribution in [1.29, 1.82) is 0 Å². The van der Waals surface area contributed by atoms with E-state index in [0.717, 1.165) is 55.5 Å². The molecule has 3 nitrogen and oxygen atoms in total. The molecule has 0 bridgehead atoms. The molecule has 2 rings (SSSR count). The standard InChI is InChI=1S/C19H22F3NO2S/c1-2-3-4-5-6-15-7-13-18(14-8-15)26(24,25)23-17-11-9-16(10-12-17)19(20,21)22/h7-14,23H,2-6H2,1H3. The number of sulfonamides is 1. The Morgan fingerprint density at radius 2 is 1.50 bits per heavy atom. The number of alkyl halides is 3. The lowest BCUT2D eigenvalue weighted by Crippen LogP contribution is -2.13. The predicted octanol–water partition coefficient (Wildman–Crippen LogP) is 5.63. The third kappa shape index (κ3) is 5.76. The van der Waals surface area contributed by atoms with Crippen molar-refractivity contribution in [2.45, 2.75) is 50.1 Å². The molecule has 0 radical (unpaired) electrons. The van der Waals surface area contributed by atoms with Crippen LogP contribution in [0.5, 0.6) is 0 Å². The second-order valence-electron chi connectivity index (χ2n) is 6.14. The molecule has 0 saturated carbocycles. The van der Waals surface area contributed by atoms with Gasteiger partial charge < -0.3 is 0 Å². The van der Waals surface area contributed by atoms with Crippen LogP contribution in [-0.2, 0) is 22.6 Å². The lowest BCUT2D eigenvalue weighted by molar-refractivity contribution is -0.137. The molecule has 0 heterocycles. The van der Waals surface area contributed by atoms with Gasteiger partial charge in [-0.25, -0.2) is 8.42 Å². The zero-order valence-corrected chi connectivity index (χ0v) is 15.3. The van der Waals surface area contributed by atoms with Crippen LogP contribution in [0.2, 0.25) is 0 Å². The molecule has 0 aliphatic rings. The topological polar surface area (TPSA) is 46.2 Å². The smallest absolute Gasteiger partial charge is 0.280 e. The third-order valence-corrected chi connectivity index (χ3v) is 5.41. The van der Waals surface area contributed by atoms with Gasteiger partial charge in [0.15, 0.2) is 0 Å². The van der Waals surface area contributed by atoms with Crippen LogP contribution >= 0.6 is 0 Å². The maximum atomic E-state index is 12.6. The molecule has 0 spiro atoms. The Labute approximate surface area is 152 Å². The van der Waals surface area contributed by atoms with E-state index in [0.29, 0.717) is 0 Å². The third-order valence-electron chi connectivity index (χ3n) is 4.02. The van der Waals surface area contributed by atoms with Crippen LogP contribution in [0, 0.1) is 0 Å². The van der Waals surface area contributed by atoms with E-state index in [-0.39, 0.29) is 10.6 Å². The Morgan fingerprint density at radius 1 is 0.885 bits per heavy atom. The van der Waals surface area contributed by atoms with Crippen molar-refractivity contribution in [2.75, 3.05) is 4.72 Å². The summed E-state index contributed by atoms with van der Waals surface area (Å²) >= 11 is 0. The monoisotopic (exact) mass is 385 g/mol. The van der Waals surface area contributed by atoms with Gasteiger partial charge in [-0.3, -0.25) is 4.72 Å². The van der Waals surface area contributed by atoms with Gasteiger partial charge in [-0.15, -0.1) is 0 Å². The summed E-state index contributed by atoms with van der Waals surface area (Å²) in [5, 5.41) is 0. The van der Waals surface area contributed by atoms with Crippen LogP contribution in [0.3, 0.4) is 0 Å². The zero-order chi connectivity index (χ0) is 19.2. The number of hydrogen-bond donors (Lipinski definition) is 1. The highest BCUT2D eigenvalue weighted by Crippen LogP contribution is 2.30. The lowest BCUT2D eigenvalue weighted by Gasteiger charge is -2.11. The summed E-state index contributed by atoms with van der Waals surface area (Å²) in [5.74, 6) is 0. The van der Waals surface area contributed by atoms with Crippen LogP contribution in [0.15, 0.2) is 53.4 Å². The molecule has 0 aliphatic carbocycles. The Hall–Kier alpha value is -2.02. The number of unbranched alkanes of at least 4 members (excludes halogenated alkanes) is 3. The van der Waals surface area contributed by atoms with E-state index in [1.807, 2.05) is 0 Å². The molecule has 142 valence electrons. The summed E-state index contributed by atoms with van der Waals surface area (Å²) in [6.07, 6.45) is 0.989. The van der Waals surface area contributed by atoms with Gasteiger partial charge in [-0.05, 0) is 54.8 Å². The van der Waals surface area contributed by atoms with Crippen LogP contribution in [0.1, 0.15) is 43.7 Å². The van der Waals surface area contributed by atoms with Crippen molar-refractivity contribution in [3.05, 3.63) is 59.7 Å². The van der Waals surface area contributed by atoms with Crippen LogP contribution in [0.25, 0.3) is 0 Å². The first-order chi connectivity index (χ1) is 12.2. The normalized spacial score (nSPS) is 12.2. The number of aryl methyl sites for hydroxylation is 1. The highest BCUT2D eigenvalue weighted by atomic mass is 32.2. The van der Waals surface area contributed by atoms with Gasteiger partial charge in [-0.2, -0.15) is 13.2 Å². The van der Waals surface area contributed by atoms with Crippen molar-refractivity contribution < 1.29 is 21.6 Å². The minimum atomic E-state index is -4.45. The van der Waals surface area contributed by atoms with Crippen molar-refractivity contribution in [2.24, 2.45) is 0 Å². The fourth-order valence-electron chi connectivity index (χ4n) is 2.53. The van der Waals surface area contributed by atoms with Gasteiger partial charge in [-0.1, -0.05) is 38.3 Å². The van der Waals surface area contributed by atoms with Gasteiger partial charge in [0.05, 0.1) is 10.5 Å². The Bertz CT molecular complexity index is 798. The van der Waals surface area contributed by atoms with E-state index < -0.39 is 21.8 Å². The number of nitrogens with one attached hydrogen (secondary N) is 1. The second-order valence-corrected chi connectivity index (χ2v) is 7.82. The zero-order valence-electron chi connectivity index (χ0n) is 14.5. The molecule has 0 fully saturated rings. The maximum absolute atomic E-state index is 12.6. The van der Waals surface area contributed by atoms with Gasteiger partial charge >= 0.3 is 6.18 Å². The number of hydrogen-bond acceptors (Lipinski definition) is 2. The Kier molecular flexibility index (Phi) is 6.69. The minimum absolute atomic E-state index is 0.0784. The summed E-state index contributed by atoms with van der Waals surface area (Å²) in [4.78, 5) is 0.0784. The highest BCUT2D eigenvalue weighted by Gasteiger charge is 2.30. The molecular formula is C19H22F3NO2S. The molecule has 2 aromatic rings. The lowest BCUT2D eigenvalue weighted by atomic mass is 10.1. The summed E-state index contributed by atoms with van der Waals surface area (Å²) in [7, 11) is -3.84. The Morgan fingerprint density at radius 3 is 2.04 bits per heavy atom. The van der Waals surface area contributed by atoms with Gasteiger partial charge in [0.2, 0.25) is 0 Å². The molecule has 2 aromatic carbocycles. The second kappa shape index (κ2) is 8.58. The van der Waals surface area contributed by atoms with E-state index in [4.69, 9.17) is 0 Å². The molecular weight excluding hydrogens is 363 g/mol. The highest BCUT2D eigenvalue weighted by molar-refractivity contribution is 7.92. The number of rotatable bonds is 8. The SMILES string of the molecule is CCCCCCc1ccc(S(=O)(=O)Nc2ccc(C(F)(F)F)cc2)cc1. The van der Waals surface area contributed by atoms with E-state index in [9.17, 15) is 21.6 Å². The van der Waals surface area contributed by atoms with E-state index in [2.05, 4.69) is 11.6 Å². The Balaban J connectivity index is 2.03. The molecule has 0 saturated heterocycles. The molecule has 26 heavy (non-hydrogen) atoms. The van der Waals surface area contributed by atoms with Crippen LogP contribution in [0.4, 0.5) is 18.9 Å². The minimum Gasteiger partial charge on any atom is -0.280 e. The number of halogens is 3. The van der Waals surface area contributed by atoms with Gasteiger partial charge in [0, 0.05) is 5.69 Å².